The number of carbonyl (C=O) groups excluding carboxylic acids is 2. The number of aryl methyl sites for hydroxylation is 2. The van der Waals surface area contributed by atoms with Crippen LogP contribution in [0.4, 0.5) is 14.5 Å². The lowest BCUT2D eigenvalue weighted by molar-refractivity contribution is -0.120. The molecule has 1 saturated heterocycles. The Kier molecular flexibility index (Phi) is 5.62. The van der Waals surface area contributed by atoms with Gasteiger partial charge in [-0.1, -0.05) is 18.2 Å². The number of hydrogen-bond donors (Lipinski definition) is 1. The van der Waals surface area contributed by atoms with E-state index in [2.05, 4.69) is 0 Å². The molecule has 2 aliphatic rings. The van der Waals surface area contributed by atoms with Crippen molar-refractivity contribution in [3.8, 4) is 0 Å². The maximum atomic E-state index is 13.9. The molecule has 0 bridgehead atoms. The van der Waals surface area contributed by atoms with Gasteiger partial charge in [-0.25, -0.2) is 13.7 Å². The van der Waals surface area contributed by atoms with Crippen molar-refractivity contribution < 1.29 is 23.5 Å². The minimum absolute atomic E-state index is 0.00220. The molecule has 2 aromatic carbocycles. The Morgan fingerprint density at radius 3 is 2.45 bits per heavy atom. The van der Waals surface area contributed by atoms with Gasteiger partial charge in [0, 0.05) is 25.8 Å². The number of anilines is 1. The molecule has 5 nitrogen and oxygen atoms in total. The summed E-state index contributed by atoms with van der Waals surface area (Å²) in [6.07, 6.45) is 1.62. The molecule has 162 valence electrons. The molecule has 7 heteroatoms. The number of hydrogen-bond acceptors (Lipinski definition) is 4. The predicted octanol–water partition coefficient (Wildman–Crippen LogP) is 3.57. The Hall–Kier alpha value is -3.06. The topological polar surface area (TPSA) is 60.9 Å². The first-order valence-corrected chi connectivity index (χ1v) is 10.3. The molecule has 0 saturated carbocycles. The molecule has 1 fully saturated rings. The molecule has 31 heavy (non-hydrogen) atoms. The number of halogens is 2. The minimum atomic E-state index is -1.13. The third kappa shape index (κ3) is 3.74. The fourth-order valence-electron chi connectivity index (χ4n) is 4.24. The summed E-state index contributed by atoms with van der Waals surface area (Å²) < 4.78 is 27.3. The number of benzene rings is 2. The van der Waals surface area contributed by atoms with E-state index in [1.54, 1.807) is 6.07 Å². The van der Waals surface area contributed by atoms with E-state index in [0.717, 1.165) is 41.0 Å². The highest BCUT2D eigenvalue weighted by Gasteiger charge is 2.43. The zero-order valence-electron chi connectivity index (χ0n) is 17.5. The predicted molar refractivity (Wildman–Crippen MR) is 113 cm³/mol. The summed E-state index contributed by atoms with van der Waals surface area (Å²) in [5.41, 5.74) is 3.11. The molecule has 2 amide bonds. The number of imide groups is 1. The fourth-order valence-corrected chi connectivity index (χ4v) is 4.24. The van der Waals surface area contributed by atoms with E-state index in [1.807, 2.05) is 30.9 Å². The lowest BCUT2D eigenvalue weighted by atomic mass is 9.96. The highest BCUT2D eigenvalue weighted by molar-refractivity contribution is 6.45. The number of carbonyl (C=O) groups is 2. The molecule has 1 atom stereocenters. The number of amides is 2. The molecule has 1 N–H and O–H groups in total. The maximum Gasteiger partial charge on any atom is 0.282 e. The van der Waals surface area contributed by atoms with Crippen LogP contribution in [-0.4, -0.2) is 41.5 Å². The molecule has 2 aromatic rings. The second-order valence-corrected chi connectivity index (χ2v) is 8.20. The molecule has 2 heterocycles. The van der Waals surface area contributed by atoms with Gasteiger partial charge in [-0.05, 0) is 61.4 Å². The van der Waals surface area contributed by atoms with Crippen LogP contribution in [0.2, 0.25) is 0 Å². The van der Waals surface area contributed by atoms with Gasteiger partial charge in [-0.3, -0.25) is 9.59 Å². The van der Waals surface area contributed by atoms with Crippen molar-refractivity contribution in [2.45, 2.75) is 26.7 Å². The van der Waals surface area contributed by atoms with E-state index in [9.17, 15) is 23.5 Å². The van der Waals surface area contributed by atoms with Crippen LogP contribution in [0.5, 0.6) is 0 Å². The van der Waals surface area contributed by atoms with Gasteiger partial charge in [0.25, 0.3) is 11.8 Å². The zero-order valence-corrected chi connectivity index (χ0v) is 17.5. The van der Waals surface area contributed by atoms with Crippen molar-refractivity contribution in [1.82, 2.24) is 4.90 Å². The van der Waals surface area contributed by atoms with Crippen molar-refractivity contribution >= 4 is 23.1 Å². The molecule has 0 radical (unpaired) electrons. The standard InChI is InChI=1S/C24H24F2N2O3/c1-14-5-6-17(10-15(14)2)21-22(27-9-3-4-16(12-27)13-29)24(31)28(23(21)30)18-7-8-19(25)20(26)11-18/h5-8,10-11,16,29H,3-4,9,12-13H2,1-2H3. The molecule has 0 aliphatic carbocycles. The number of rotatable bonds is 4. The molecule has 0 spiro atoms. The van der Waals surface area contributed by atoms with Gasteiger partial charge in [-0.15, -0.1) is 0 Å². The van der Waals surface area contributed by atoms with Crippen LogP contribution in [0, 0.1) is 31.4 Å². The number of aliphatic hydroxyl groups excluding tert-OH is 1. The fraction of sp³-hybridized carbons (Fsp3) is 0.333. The van der Waals surface area contributed by atoms with Gasteiger partial charge in [0.1, 0.15) is 5.70 Å². The summed E-state index contributed by atoms with van der Waals surface area (Å²) in [5.74, 6) is -3.31. The van der Waals surface area contributed by atoms with Gasteiger partial charge in [0.2, 0.25) is 0 Å². The van der Waals surface area contributed by atoms with Crippen LogP contribution in [0.15, 0.2) is 42.1 Å². The SMILES string of the molecule is Cc1ccc(C2=C(N3CCCC(CO)C3)C(=O)N(c3ccc(F)c(F)c3)C2=O)cc1C. The summed E-state index contributed by atoms with van der Waals surface area (Å²) >= 11 is 0. The first kappa shape index (κ1) is 21.2. The van der Waals surface area contributed by atoms with Crippen molar-refractivity contribution in [1.29, 1.82) is 0 Å². The van der Waals surface area contributed by atoms with E-state index < -0.39 is 23.4 Å². The van der Waals surface area contributed by atoms with Gasteiger partial charge in [0.15, 0.2) is 11.6 Å². The lowest BCUT2D eigenvalue weighted by Crippen LogP contribution is -2.40. The molecule has 0 aromatic heterocycles. The molecule has 4 rings (SSSR count). The number of piperidine rings is 1. The molecule has 2 aliphatic heterocycles. The van der Waals surface area contributed by atoms with Crippen LogP contribution in [0.1, 0.15) is 29.5 Å². The largest absolute Gasteiger partial charge is 0.396 e. The van der Waals surface area contributed by atoms with Crippen molar-refractivity contribution in [3.05, 3.63) is 70.4 Å². The quantitative estimate of drug-likeness (QED) is 0.760. The second kappa shape index (κ2) is 8.23. The third-order valence-corrected chi connectivity index (χ3v) is 6.11. The Balaban J connectivity index is 1.84. The Morgan fingerprint density at radius 2 is 1.77 bits per heavy atom. The van der Waals surface area contributed by atoms with Crippen LogP contribution < -0.4 is 4.90 Å². The summed E-state index contributed by atoms with van der Waals surface area (Å²) in [5, 5.41) is 9.62. The summed E-state index contributed by atoms with van der Waals surface area (Å²) in [4.78, 5) is 29.7. The van der Waals surface area contributed by atoms with E-state index in [0.29, 0.717) is 18.7 Å². The van der Waals surface area contributed by atoms with E-state index in [4.69, 9.17) is 0 Å². The van der Waals surface area contributed by atoms with Crippen molar-refractivity contribution in [2.75, 3.05) is 24.6 Å². The van der Waals surface area contributed by atoms with Crippen LogP contribution in [-0.2, 0) is 9.59 Å². The monoisotopic (exact) mass is 426 g/mol. The van der Waals surface area contributed by atoms with Gasteiger partial charge >= 0.3 is 0 Å². The smallest absolute Gasteiger partial charge is 0.282 e. The Bertz CT molecular complexity index is 1100. The molecule has 1 unspecified atom stereocenters. The zero-order chi connectivity index (χ0) is 22.3. The van der Waals surface area contributed by atoms with E-state index in [-0.39, 0.29) is 29.5 Å². The Morgan fingerprint density at radius 1 is 1.00 bits per heavy atom. The number of aliphatic hydroxyl groups is 1. The third-order valence-electron chi connectivity index (χ3n) is 6.11. The second-order valence-electron chi connectivity index (χ2n) is 8.20. The highest BCUT2D eigenvalue weighted by Crippen LogP contribution is 2.37. The highest BCUT2D eigenvalue weighted by atomic mass is 19.2. The average molecular weight is 426 g/mol. The summed E-state index contributed by atoms with van der Waals surface area (Å²) in [6.45, 7) is 4.91. The van der Waals surface area contributed by atoms with Crippen LogP contribution >= 0.6 is 0 Å². The summed E-state index contributed by atoms with van der Waals surface area (Å²) in [6, 6.07) is 8.53. The van der Waals surface area contributed by atoms with Gasteiger partial charge in [-0.2, -0.15) is 0 Å². The van der Waals surface area contributed by atoms with Gasteiger partial charge in [0.05, 0.1) is 11.3 Å². The van der Waals surface area contributed by atoms with Crippen LogP contribution in [0.3, 0.4) is 0 Å². The first-order valence-electron chi connectivity index (χ1n) is 10.3. The average Bonchev–Trinajstić information content (AvgIpc) is 3.02. The maximum absolute atomic E-state index is 13.9. The summed E-state index contributed by atoms with van der Waals surface area (Å²) in [7, 11) is 0. The van der Waals surface area contributed by atoms with Gasteiger partial charge < -0.3 is 10.0 Å². The lowest BCUT2D eigenvalue weighted by Gasteiger charge is -2.34. The van der Waals surface area contributed by atoms with E-state index in [1.165, 1.54) is 6.07 Å². The normalized spacial score (nSPS) is 19.6. The minimum Gasteiger partial charge on any atom is -0.396 e. The number of likely N-dealkylation sites (tertiary alicyclic amines) is 1. The Labute approximate surface area is 179 Å². The van der Waals surface area contributed by atoms with Crippen molar-refractivity contribution in [3.63, 3.8) is 0 Å². The molecular weight excluding hydrogens is 402 g/mol. The van der Waals surface area contributed by atoms with Crippen molar-refractivity contribution in [2.24, 2.45) is 5.92 Å². The van der Waals surface area contributed by atoms with Crippen LogP contribution in [0.25, 0.3) is 5.57 Å². The number of nitrogens with zero attached hydrogens (tertiary/aromatic N) is 2. The first-order chi connectivity index (χ1) is 14.8. The van der Waals surface area contributed by atoms with E-state index >= 15 is 0 Å². The molecular formula is C24H24F2N2O3.